The maximum absolute atomic E-state index is 11.8. The van der Waals surface area contributed by atoms with E-state index in [1.54, 1.807) is 18.4 Å². The number of aliphatic imine (C=N–C) groups is 1. The number of nitrogens with zero attached hydrogens (tertiary/aromatic N) is 1. The van der Waals surface area contributed by atoms with Crippen molar-refractivity contribution in [3.63, 3.8) is 0 Å². The van der Waals surface area contributed by atoms with E-state index in [0.717, 1.165) is 30.3 Å². The molecule has 3 N–H and O–H groups in total. The summed E-state index contributed by atoms with van der Waals surface area (Å²) < 4.78 is 0. The zero-order valence-electron chi connectivity index (χ0n) is 13.4. The fourth-order valence-electron chi connectivity index (χ4n) is 1.96. The molecule has 7 heteroatoms. The summed E-state index contributed by atoms with van der Waals surface area (Å²) >= 11 is 3.24. The number of nitrogens with one attached hydrogen (secondary N) is 3. The summed E-state index contributed by atoms with van der Waals surface area (Å²) in [6.45, 7) is 4.28. The first-order valence-corrected chi connectivity index (χ1v) is 9.20. The molecule has 0 aliphatic rings. The molecule has 0 unspecified atom stereocenters. The van der Waals surface area contributed by atoms with Gasteiger partial charge in [-0.2, -0.15) is 0 Å². The Balaban J connectivity index is 1.59. The molecule has 0 radical (unpaired) electrons. The monoisotopic (exact) mass is 350 g/mol. The van der Waals surface area contributed by atoms with Crippen LogP contribution in [0.15, 0.2) is 34.6 Å². The van der Waals surface area contributed by atoms with Crippen LogP contribution in [-0.4, -0.2) is 32.0 Å². The molecule has 2 rings (SSSR count). The lowest BCUT2D eigenvalue weighted by atomic mass is 10.4. The smallest absolute Gasteiger partial charge is 0.261 e. The highest BCUT2D eigenvalue weighted by molar-refractivity contribution is 7.12. The molecule has 0 saturated carbocycles. The fourth-order valence-corrected chi connectivity index (χ4v) is 3.43. The predicted octanol–water partition coefficient (Wildman–Crippen LogP) is 2.60. The van der Waals surface area contributed by atoms with E-state index >= 15 is 0 Å². The molecule has 0 aliphatic heterocycles. The van der Waals surface area contributed by atoms with Gasteiger partial charge in [-0.15, -0.1) is 22.7 Å². The number of carbonyl (C=O) groups excluding carboxylic acids is 1. The number of hydrogen-bond acceptors (Lipinski definition) is 4. The van der Waals surface area contributed by atoms with Gasteiger partial charge in [0.1, 0.15) is 0 Å². The van der Waals surface area contributed by atoms with Crippen LogP contribution >= 0.6 is 22.7 Å². The van der Waals surface area contributed by atoms with Gasteiger partial charge in [0.25, 0.3) is 5.91 Å². The van der Waals surface area contributed by atoms with Gasteiger partial charge >= 0.3 is 0 Å². The molecule has 0 aliphatic carbocycles. The Morgan fingerprint density at radius 1 is 1.17 bits per heavy atom. The number of carbonyl (C=O) groups is 1. The number of amides is 1. The Hall–Kier alpha value is -1.86. The first kappa shape index (κ1) is 17.5. The van der Waals surface area contributed by atoms with Crippen LogP contribution in [0.25, 0.3) is 0 Å². The van der Waals surface area contributed by atoms with Gasteiger partial charge in [-0.3, -0.25) is 9.79 Å². The van der Waals surface area contributed by atoms with E-state index in [0.29, 0.717) is 6.54 Å². The first-order valence-electron chi connectivity index (χ1n) is 7.50. The third kappa shape index (κ3) is 6.03. The summed E-state index contributed by atoms with van der Waals surface area (Å²) in [4.78, 5) is 19.3. The van der Waals surface area contributed by atoms with Crippen LogP contribution in [-0.2, 0) is 6.54 Å². The topological polar surface area (TPSA) is 65.5 Å². The Kier molecular flexibility index (Phi) is 7.09. The van der Waals surface area contributed by atoms with Crippen LogP contribution in [0.3, 0.4) is 0 Å². The lowest BCUT2D eigenvalue weighted by molar-refractivity contribution is 0.0957. The average Bonchev–Trinajstić information content (AvgIpc) is 3.21. The lowest BCUT2D eigenvalue weighted by Gasteiger charge is -2.11. The molecule has 5 nitrogen and oxygen atoms in total. The summed E-state index contributed by atoms with van der Waals surface area (Å²) in [7, 11) is 1.76. The number of guanidine groups is 1. The highest BCUT2D eigenvalue weighted by atomic mass is 32.1. The van der Waals surface area contributed by atoms with Crippen molar-refractivity contribution in [1.82, 2.24) is 16.0 Å². The largest absolute Gasteiger partial charge is 0.356 e. The van der Waals surface area contributed by atoms with Crippen molar-refractivity contribution in [2.75, 3.05) is 20.1 Å². The van der Waals surface area contributed by atoms with Crippen molar-refractivity contribution in [1.29, 1.82) is 0 Å². The van der Waals surface area contributed by atoms with Gasteiger partial charge in [-0.1, -0.05) is 6.07 Å². The molecule has 0 atom stereocenters. The van der Waals surface area contributed by atoms with Gasteiger partial charge in [0.2, 0.25) is 0 Å². The molecule has 2 aromatic heterocycles. The minimum absolute atomic E-state index is 0.00410. The molecule has 0 bridgehead atoms. The Morgan fingerprint density at radius 3 is 2.65 bits per heavy atom. The van der Waals surface area contributed by atoms with Crippen LogP contribution in [0, 0.1) is 6.92 Å². The van der Waals surface area contributed by atoms with Crippen molar-refractivity contribution < 1.29 is 4.79 Å². The second-order valence-corrected chi connectivity index (χ2v) is 7.27. The summed E-state index contributed by atoms with van der Waals surface area (Å²) in [5, 5.41) is 11.3. The molecule has 124 valence electrons. The summed E-state index contributed by atoms with van der Waals surface area (Å²) in [6, 6.07) is 7.96. The summed E-state index contributed by atoms with van der Waals surface area (Å²) in [5.41, 5.74) is 0. The van der Waals surface area contributed by atoms with E-state index in [1.165, 1.54) is 21.1 Å². The van der Waals surface area contributed by atoms with E-state index in [9.17, 15) is 4.79 Å². The zero-order valence-corrected chi connectivity index (χ0v) is 15.0. The van der Waals surface area contributed by atoms with Crippen LogP contribution in [0.1, 0.15) is 25.8 Å². The Labute approximate surface area is 144 Å². The van der Waals surface area contributed by atoms with Gasteiger partial charge in [0, 0.05) is 29.9 Å². The number of hydrogen-bond donors (Lipinski definition) is 3. The maximum atomic E-state index is 11.8. The van der Waals surface area contributed by atoms with Gasteiger partial charge in [0.05, 0.1) is 11.4 Å². The van der Waals surface area contributed by atoms with Crippen molar-refractivity contribution in [3.8, 4) is 0 Å². The number of aryl methyl sites for hydroxylation is 1. The van der Waals surface area contributed by atoms with Crippen molar-refractivity contribution in [2.24, 2.45) is 4.99 Å². The molecular formula is C16H22N4OS2. The number of thiophene rings is 2. The highest BCUT2D eigenvalue weighted by Gasteiger charge is 2.05. The third-order valence-electron chi connectivity index (χ3n) is 3.13. The lowest BCUT2D eigenvalue weighted by Crippen LogP contribution is -2.38. The molecule has 0 saturated heterocycles. The summed E-state index contributed by atoms with van der Waals surface area (Å²) in [5.74, 6) is 0.774. The maximum Gasteiger partial charge on any atom is 0.261 e. The van der Waals surface area contributed by atoms with E-state index < -0.39 is 0 Å². The normalized spacial score (nSPS) is 11.3. The van der Waals surface area contributed by atoms with Gasteiger partial charge < -0.3 is 16.0 Å². The third-order valence-corrected chi connectivity index (χ3v) is 5.00. The molecule has 2 aromatic rings. The van der Waals surface area contributed by atoms with Crippen LogP contribution in [0.5, 0.6) is 0 Å². The highest BCUT2D eigenvalue weighted by Crippen LogP contribution is 2.14. The SMILES string of the molecule is CN=C(NCCCNC(=O)c1cccs1)NCc1ccc(C)s1. The van der Waals surface area contributed by atoms with Crippen molar-refractivity contribution >= 4 is 34.5 Å². The van der Waals surface area contributed by atoms with Crippen LogP contribution in [0.4, 0.5) is 0 Å². The molecule has 2 heterocycles. The number of rotatable bonds is 7. The first-order chi connectivity index (χ1) is 11.2. The van der Waals surface area contributed by atoms with Crippen molar-refractivity contribution in [3.05, 3.63) is 44.3 Å². The molecule has 0 aromatic carbocycles. The molecule has 0 fully saturated rings. The van der Waals surface area contributed by atoms with E-state index in [2.05, 4.69) is 40.0 Å². The fraction of sp³-hybridized carbons (Fsp3) is 0.375. The van der Waals surface area contributed by atoms with Crippen LogP contribution in [0.2, 0.25) is 0 Å². The van der Waals surface area contributed by atoms with E-state index in [-0.39, 0.29) is 5.91 Å². The average molecular weight is 351 g/mol. The van der Waals surface area contributed by atoms with Gasteiger partial charge in [-0.05, 0) is 36.9 Å². The Bertz CT molecular complexity index is 634. The van der Waals surface area contributed by atoms with Crippen molar-refractivity contribution in [2.45, 2.75) is 19.9 Å². The van der Waals surface area contributed by atoms with E-state index in [1.807, 2.05) is 17.5 Å². The molecule has 1 amide bonds. The van der Waals surface area contributed by atoms with E-state index in [4.69, 9.17) is 0 Å². The Morgan fingerprint density at radius 2 is 2.00 bits per heavy atom. The second-order valence-electron chi connectivity index (χ2n) is 4.95. The van der Waals surface area contributed by atoms with Gasteiger partial charge in [0.15, 0.2) is 5.96 Å². The quantitative estimate of drug-likeness (QED) is 0.408. The minimum Gasteiger partial charge on any atom is -0.356 e. The zero-order chi connectivity index (χ0) is 16.5. The standard InChI is InChI=1S/C16H22N4OS2/c1-12-6-7-13(23-12)11-20-16(17-2)19-9-4-8-18-15(21)14-5-3-10-22-14/h3,5-7,10H,4,8-9,11H2,1-2H3,(H,18,21)(H2,17,19,20). The molecule has 23 heavy (non-hydrogen) atoms. The molecule has 0 spiro atoms. The second kappa shape index (κ2) is 9.32. The predicted molar refractivity (Wildman–Crippen MR) is 98.5 cm³/mol. The van der Waals surface area contributed by atoms with Gasteiger partial charge in [-0.25, -0.2) is 0 Å². The molecular weight excluding hydrogens is 328 g/mol. The summed E-state index contributed by atoms with van der Waals surface area (Å²) in [6.07, 6.45) is 0.843. The minimum atomic E-state index is -0.00410. The van der Waals surface area contributed by atoms with Crippen LogP contribution < -0.4 is 16.0 Å².